The van der Waals surface area contributed by atoms with Gasteiger partial charge in [-0.25, -0.2) is 4.79 Å². The number of nitrogens with one attached hydrogen (secondary N) is 2. The first-order chi connectivity index (χ1) is 8.68. The van der Waals surface area contributed by atoms with Crippen molar-refractivity contribution in [3.8, 4) is 0 Å². The van der Waals surface area contributed by atoms with Crippen LogP contribution in [0.5, 0.6) is 0 Å². The quantitative estimate of drug-likeness (QED) is 0.780. The molecule has 1 aromatic carbocycles. The Morgan fingerprint density at radius 1 is 1.28 bits per heavy atom. The molecule has 5 heteroatoms. The fourth-order valence-electron chi connectivity index (χ4n) is 1.80. The van der Waals surface area contributed by atoms with Gasteiger partial charge in [0.25, 0.3) is 0 Å². The Balaban J connectivity index is 1.98. The van der Waals surface area contributed by atoms with E-state index < -0.39 is 0 Å². The van der Waals surface area contributed by atoms with Crippen LogP contribution < -0.4 is 15.6 Å². The van der Waals surface area contributed by atoms with Gasteiger partial charge in [0.1, 0.15) is 0 Å². The molecule has 0 atom stereocenters. The summed E-state index contributed by atoms with van der Waals surface area (Å²) < 4.78 is 6.54. The average Bonchev–Trinajstić information content (AvgIpc) is 2.73. The van der Waals surface area contributed by atoms with E-state index in [1.807, 2.05) is 44.2 Å². The molecule has 0 saturated carbocycles. The molecule has 0 radical (unpaired) electrons. The summed E-state index contributed by atoms with van der Waals surface area (Å²) in [6.45, 7) is 5.20. The molecule has 2 N–H and O–H groups in total. The van der Waals surface area contributed by atoms with Gasteiger partial charge >= 0.3 is 11.3 Å². The molecule has 1 heterocycles. The average molecular weight is 248 g/mol. The summed E-state index contributed by atoms with van der Waals surface area (Å²) in [7, 11) is 0. The Morgan fingerprint density at radius 2 is 2.00 bits per heavy atom. The predicted octanol–water partition coefficient (Wildman–Crippen LogP) is 1.13. The lowest BCUT2D eigenvalue weighted by molar-refractivity contribution is -0.785. The van der Waals surface area contributed by atoms with Gasteiger partial charge < -0.3 is 5.32 Å². The van der Waals surface area contributed by atoms with E-state index in [-0.39, 0.29) is 11.7 Å². The number of aromatic nitrogens is 2. The Morgan fingerprint density at radius 3 is 2.67 bits per heavy atom. The largest absolute Gasteiger partial charge is 0.431 e. The van der Waals surface area contributed by atoms with Crippen LogP contribution in [-0.2, 0) is 13.1 Å². The van der Waals surface area contributed by atoms with Crippen LogP contribution in [0, 0.1) is 0 Å². The normalized spacial score (nSPS) is 11.1. The van der Waals surface area contributed by atoms with Crippen molar-refractivity contribution < 1.29 is 9.20 Å². The van der Waals surface area contributed by atoms with Gasteiger partial charge in [0.05, 0.1) is 6.54 Å². The number of nitrogens with zero attached hydrogens (tertiary/aromatic N) is 1. The third-order valence-electron chi connectivity index (χ3n) is 2.74. The van der Waals surface area contributed by atoms with Crippen molar-refractivity contribution in [1.29, 1.82) is 0 Å². The molecular weight excluding hydrogens is 230 g/mol. The number of benzene rings is 1. The van der Waals surface area contributed by atoms with Crippen molar-refractivity contribution in [2.75, 3.05) is 0 Å². The van der Waals surface area contributed by atoms with E-state index >= 15 is 0 Å². The van der Waals surface area contributed by atoms with Crippen molar-refractivity contribution in [3.05, 3.63) is 52.0 Å². The summed E-state index contributed by atoms with van der Waals surface area (Å²) in [5.74, 6) is 0. The van der Waals surface area contributed by atoms with Gasteiger partial charge in [-0.2, -0.15) is 0 Å². The lowest BCUT2D eigenvalue weighted by Gasteiger charge is -2.02. The standard InChI is InChI=1S/C13H17N3O2/c1-10(2)16-12(13(17)18-15-16)9-14-8-11-6-4-3-5-7-11/h3-7,10,14H,8-9H2,1-2H3/p+1. The van der Waals surface area contributed by atoms with Gasteiger partial charge in [-0.1, -0.05) is 35.0 Å². The molecule has 96 valence electrons. The van der Waals surface area contributed by atoms with Gasteiger partial charge in [0.2, 0.25) is 0 Å². The molecule has 0 bridgehead atoms. The Kier molecular flexibility index (Phi) is 3.94. The first kappa shape index (κ1) is 12.6. The van der Waals surface area contributed by atoms with Crippen molar-refractivity contribution in [2.45, 2.75) is 33.0 Å². The fourth-order valence-corrected chi connectivity index (χ4v) is 1.80. The summed E-state index contributed by atoms with van der Waals surface area (Å²) in [5, 5.41) is 5.85. The number of aromatic amines is 1. The van der Waals surface area contributed by atoms with Crippen LogP contribution in [0.25, 0.3) is 0 Å². The second-order valence-corrected chi connectivity index (χ2v) is 4.48. The first-order valence-electron chi connectivity index (χ1n) is 6.05. The zero-order chi connectivity index (χ0) is 13.0. The van der Waals surface area contributed by atoms with Crippen molar-refractivity contribution in [3.63, 3.8) is 0 Å². The van der Waals surface area contributed by atoms with Crippen LogP contribution in [0.15, 0.2) is 39.6 Å². The van der Waals surface area contributed by atoms with Crippen molar-refractivity contribution in [1.82, 2.24) is 10.6 Å². The number of H-pyrrole nitrogens is 1. The zero-order valence-electron chi connectivity index (χ0n) is 10.6. The molecule has 0 fully saturated rings. The van der Waals surface area contributed by atoms with E-state index in [2.05, 4.69) is 10.6 Å². The van der Waals surface area contributed by atoms with E-state index in [4.69, 9.17) is 4.52 Å². The summed E-state index contributed by atoms with van der Waals surface area (Å²) in [6, 6.07) is 10.2. The lowest BCUT2D eigenvalue weighted by atomic mass is 10.2. The molecule has 0 aliphatic heterocycles. The lowest BCUT2D eigenvalue weighted by Crippen LogP contribution is -2.44. The summed E-state index contributed by atoms with van der Waals surface area (Å²) in [4.78, 5) is 11.5. The highest BCUT2D eigenvalue weighted by Crippen LogP contribution is 1.98. The third-order valence-corrected chi connectivity index (χ3v) is 2.74. The monoisotopic (exact) mass is 248 g/mol. The second-order valence-electron chi connectivity index (χ2n) is 4.48. The Bertz CT molecular complexity index is 543. The summed E-state index contributed by atoms with van der Waals surface area (Å²) in [6.07, 6.45) is 0. The fraction of sp³-hybridized carbons (Fsp3) is 0.385. The second kappa shape index (κ2) is 5.64. The molecular formula is C13H18N3O2+. The molecule has 5 nitrogen and oxygen atoms in total. The first-order valence-corrected chi connectivity index (χ1v) is 6.05. The summed E-state index contributed by atoms with van der Waals surface area (Å²) >= 11 is 0. The van der Waals surface area contributed by atoms with Crippen molar-refractivity contribution in [2.24, 2.45) is 0 Å². The van der Waals surface area contributed by atoms with E-state index in [1.54, 1.807) is 4.68 Å². The molecule has 0 spiro atoms. The maximum Gasteiger partial charge on any atom is 0.431 e. The predicted molar refractivity (Wildman–Crippen MR) is 66.9 cm³/mol. The minimum Gasteiger partial charge on any atom is -0.303 e. The van der Waals surface area contributed by atoms with Gasteiger partial charge in [0.15, 0.2) is 6.04 Å². The molecule has 0 saturated heterocycles. The van der Waals surface area contributed by atoms with Crippen LogP contribution in [-0.4, -0.2) is 5.27 Å². The Hall–Kier alpha value is -1.88. The smallest absolute Gasteiger partial charge is 0.303 e. The molecule has 0 aliphatic carbocycles. The molecule has 2 rings (SSSR count). The van der Waals surface area contributed by atoms with E-state index in [0.717, 1.165) is 6.54 Å². The van der Waals surface area contributed by atoms with Crippen LogP contribution in [0.4, 0.5) is 0 Å². The molecule has 0 unspecified atom stereocenters. The van der Waals surface area contributed by atoms with Crippen LogP contribution in [0.2, 0.25) is 0 Å². The number of hydrogen-bond acceptors (Lipinski definition) is 3. The maximum atomic E-state index is 11.5. The zero-order valence-corrected chi connectivity index (χ0v) is 10.6. The van der Waals surface area contributed by atoms with Gasteiger partial charge in [-0.05, 0) is 24.7 Å². The molecule has 2 aromatic rings. The number of hydrogen-bond donors (Lipinski definition) is 2. The third kappa shape index (κ3) is 2.87. The minimum absolute atomic E-state index is 0.171. The van der Waals surface area contributed by atoms with Crippen LogP contribution in [0.3, 0.4) is 0 Å². The van der Waals surface area contributed by atoms with Gasteiger partial charge in [-0.3, -0.25) is 4.52 Å². The topological polar surface area (TPSA) is 61.9 Å². The molecule has 18 heavy (non-hydrogen) atoms. The molecule has 0 aliphatic rings. The highest BCUT2D eigenvalue weighted by atomic mass is 16.5. The Labute approximate surface area is 105 Å². The molecule has 0 amide bonds. The maximum absolute atomic E-state index is 11.5. The minimum atomic E-state index is -0.315. The van der Waals surface area contributed by atoms with E-state index in [9.17, 15) is 4.79 Å². The van der Waals surface area contributed by atoms with Gasteiger partial charge in [0, 0.05) is 6.54 Å². The van der Waals surface area contributed by atoms with E-state index in [1.165, 1.54) is 5.56 Å². The SMILES string of the molecule is CC(C)[n+]1[nH]oc(=O)c1CNCc1ccccc1. The number of rotatable bonds is 5. The van der Waals surface area contributed by atoms with E-state index in [0.29, 0.717) is 12.2 Å². The molecule has 1 aromatic heterocycles. The highest BCUT2D eigenvalue weighted by molar-refractivity contribution is 5.14. The van der Waals surface area contributed by atoms with Crippen LogP contribution >= 0.6 is 0 Å². The highest BCUT2D eigenvalue weighted by Gasteiger charge is 2.22. The van der Waals surface area contributed by atoms with Gasteiger partial charge in [-0.15, -0.1) is 0 Å². The summed E-state index contributed by atoms with van der Waals surface area (Å²) in [5.41, 5.74) is 1.48. The van der Waals surface area contributed by atoms with Crippen molar-refractivity contribution >= 4 is 0 Å². The van der Waals surface area contributed by atoms with Crippen LogP contribution in [0.1, 0.15) is 31.1 Å².